The fourth-order valence-corrected chi connectivity index (χ4v) is 9.17. The molecule has 0 amide bonds. The Labute approximate surface area is 381 Å². The Morgan fingerprint density at radius 3 is 1.61 bits per heavy atom. The van der Waals surface area contributed by atoms with Crippen molar-refractivity contribution in [2.24, 2.45) is 0 Å². The number of rotatable bonds is 7. The molecule has 8 aromatic rings. The maximum atomic E-state index is 7.02. The Hall–Kier alpha value is -6.33. The van der Waals surface area contributed by atoms with Crippen LogP contribution in [0.5, 0.6) is 11.5 Å². The van der Waals surface area contributed by atoms with Crippen LogP contribution in [0.4, 0.5) is 22.7 Å². The summed E-state index contributed by atoms with van der Waals surface area (Å²) in [6.45, 7) is 30.4. The van der Waals surface area contributed by atoms with Crippen LogP contribution in [0, 0.1) is 13.8 Å². The first-order valence-electron chi connectivity index (χ1n) is 22.9. The van der Waals surface area contributed by atoms with Crippen molar-refractivity contribution in [2.45, 2.75) is 112 Å². The Morgan fingerprint density at radius 1 is 0.453 bits per heavy atom. The molecule has 1 aliphatic rings. The second-order valence-corrected chi connectivity index (χ2v) is 21.7. The zero-order valence-corrected chi connectivity index (χ0v) is 40.2. The Kier molecular flexibility index (Phi) is 10.4. The van der Waals surface area contributed by atoms with E-state index in [0.29, 0.717) is 6.67 Å². The van der Waals surface area contributed by atoms with E-state index in [1.807, 2.05) is 6.20 Å². The minimum absolute atomic E-state index is 0.00589. The molecule has 0 unspecified atom stereocenters. The molecule has 5 heteroatoms. The lowest BCUT2D eigenvalue weighted by molar-refractivity contribution is 0.479. The van der Waals surface area contributed by atoms with Gasteiger partial charge in [-0.2, -0.15) is 0 Å². The highest BCUT2D eigenvalue weighted by Crippen LogP contribution is 2.49. The lowest BCUT2D eigenvalue weighted by atomic mass is 9.78. The number of anilines is 4. The van der Waals surface area contributed by atoms with Gasteiger partial charge >= 0.3 is 0 Å². The van der Waals surface area contributed by atoms with Gasteiger partial charge in [0.1, 0.15) is 24.0 Å². The molecule has 2 aromatic heterocycles. The minimum Gasteiger partial charge on any atom is -0.457 e. The monoisotopic (exact) mass is 845 g/mol. The molecule has 64 heavy (non-hydrogen) atoms. The number of nitrogens with zero attached hydrogens (tertiary/aromatic N) is 4. The van der Waals surface area contributed by atoms with Crippen molar-refractivity contribution in [3.05, 3.63) is 179 Å². The van der Waals surface area contributed by atoms with Gasteiger partial charge in [-0.25, -0.2) is 4.98 Å². The highest BCUT2D eigenvalue weighted by Gasteiger charge is 2.32. The fourth-order valence-electron chi connectivity index (χ4n) is 9.17. The van der Waals surface area contributed by atoms with E-state index in [9.17, 15) is 0 Å². The summed E-state index contributed by atoms with van der Waals surface area (Å²) < 4.78 is 9.31. The van der Waals surface area contributed by atoms with E-state index in [1.165, 1.54) is 61.4 Å². The Morgan fingerprint density at radius 2 is 1.00 bits per heavy atom. The topological polar surface area (TPSA) is 33.5 Å². The number of para-hydroxylation sites is 1. The predicted octanol–water partition coefficient (Wildman–Crippen LogP) is 16.1. The number of aromatic nitrogens is 2. The van der Waals surface area contributed by atoms with Gasteiger partial charge in [-0.1, -0.05) is 131 Å². The zero-order valence-electron chi connectivity index (χ0n) is 40.2. The average Bonchev–Trinajstić information content (AvgIpc) is 3.78. The molecule has 9 rings (SSSR count). The zero-order chi connectivity index (χ0) is 45.5. The highest BCUT2D eigenvalue weighted by atomic mass is 16.5. The summed E-state index contributed by atoms with van der Waals surface area (Å²) in [7, 11) is 0. The SMILES string of the molecule is Cc1cc2c(cc1C)N(c1cc(C(C)(C)C)cc(C(C)(C)C)c1)CN2c1cc(Oc2ccc3c4ccccc4n(-c4cc(C(C)(C)c5ccccc5)ccn4)c3c2)cc(C(C)(C)C)c1. The van der Waals surface area contributed by atoms with Crippen LogP contribution < -0.4 is 14.5 Å². The van der Waals surface area contributed by atoms with Crippen LogP contribution in [0.3, 0.4) is 0 Å². The van der Waals surface area contributed by atoms with Crippen LogP contribution in [0.15, 0.2) is 140 Å². The van der Waals surface area contributed by atoms with Gasteiger partial charge in [-0.15, -0.1) is 0 Å². The standard InChI is InChI=1S/C59H64N4O/c1-38-27-53-54(28-39(38)2)62(37-61(53)45-30-42(56(3,4)5)29-43(31-45)57(6,7)8)46-32-44(58(9,10)11)33-48(35-46)64-47-23-24-50-49-21-17-18-22-51(49)63(52(50)36-47)55-34-41(25-26-60-55)59(12,13)40-19-15-14-16-20-40/h14-36H,37H2,1-13H3. The maximum absolute atomic E-state index is 7.02. The molecule has 0 bridgehead atoms. The predicted molar refractivity (Wildman–Crippen MR) is 271 cm³/mol. The van der Waals surface area contributed by atoms with Crippen LogP contribution >= 0.6 is 0 Å². The first-order valence-corrected chi connectivity index (χ1v) is 22.9. The molecular weight excluding hydrogens is 781 g/mol. The molecule has 5 nitrogen and oxygen atoms in total. The number of ether oxygens (including phenoxy) is 1. The van der Waals surface area contributed by atoms with Gasteiger partial charge in [0.25, 0.3) is 0 Å². The van der Waals surface area contributed by atoms with Gasteiger partial charge in [0.2, 0.25) is 0 Å². The molecule has 0 aliphatic carbocycles. The summed E-state index contributed by atoms with van der Waals surface area (Å²) in [5.74, 6) is 2.47. The van der Waals surface area contributed by atoms with Crippen molar-refractivity contribution in [3.63, 3.8) is 0 Å². The summed E-state index contributed by atoms with van der Waals surface area (Å²) in [6.07, 6.45) is 1.95. The molecule has 0 radical (unpaired) electrons. The van der Waals surface area contributed by atoms with Gasteiger partial charge < -0.3 is 14.5 Å². The summed E-state index contributed by atoms with van der Waals surface area (Å²) in [5.41, 5.74) is 15.5. The van der Waals surface area contributed by atoms with E-state index >= 15 is 0 Å². The Balaban J connectivity index is 1.14. The minimum atomic E-state index is -0.210. The van der Waals surface area contributed by atoms with Crippen LogP contribution in [0.2, 0.25) is 0 Å². The van der Waals surface area contributed by atoms with Gasteiger partial charge in [0.05, 0.1) is 22.4 Å². The fraction of sp³-hybridized carbons (Fsp3) is 0.305. The van der Waals surface area contributed by atoms with E-state index in [4.69, 9.17) is 9.72 Å². The second kappa shape index (κ2) is 15.4. The van der Waals surface area contributed by atoms with E-state index in [1.54, 1.807) is 0 Å². The lowest BCUT2D eigenvalue weighted by Gasteiger charge is -2.30. The van der Waals surface area contributed by atoms with Crippen molar-refractivity contribution in [3.8, 4) is 17.3 Å². The van der Waals surface area contributed by atoms with Gasteiger partial charge in [0, 0.05) is 45.9 Å². The third kappa shape index (κ3) is 7.84. The van der Waals surface area contributed by atoms with Crippen LogP contribution in [-0.4, -0.2) is 16.2 Å². The van der Waals surface area contributed by atoms with Crippen molar-refractivity contribution >= 4 is 44.6 Å². The molecular formula is C59H64N4O. The number of benzene rings is 6. The molecule has 0 saturated carbocycles. The smallest absolute Gasteiger partial charge is 0.137 e. The van der Waals surface area contributed by atoms with Gasteiger partial charge in [0.15, 0.2) is 0 Å². The van der Waals surface area contributed by atoms with Crippen LogP contribution in [0.1, 0.15) is 115 Å². The molecule has 0 fully saturated rings. The van der Waals surface area contributed by atoms with Crippen molar-refractivity contribution in [1.29, 1.82) is 0 Å². The van der Waals surface area contributed by atoms with Crippen LogP contribution in [-0.2, 0) is 21.7 Å². The van der Waals surface area contributed by atoms with Crippen LogP contribution in [0.25, 0.3) is 27.6 Å². The number of hydrogen-bond acceptors (Lipinski definition) is 4. The van der Waals surface area contributed by atoms with Crippen molar-refractivity contribution < 1.29 is 4.74 Å². The molecule has 0 atom stereocenters. The molecule has 0 N–H and O–H groups in total. The van der Waals surface area contributed by atoms with E-state index in [-0.39, 0.29) is 21.7 Å². The first-order chi connectivity index (χ1) is 30.2. The van der Waals surface area contributed by atoms with Crippen molar-refractivity contribution in [1.82, 2.24) is 9.55 Å². The van der Waals surface area contributed by atoms with E-state index in [0.717, 1.165) is 39.4 Å². The largest absolute Gasteiger partial charge is 0.457 e. The number of fused-ring (bicyclic) bond motifs is 4. The number of hydrogen-bond donors (Lipinski definition) is 0. The number of pyridine rings is 1. The van der Waals surface area contributed by atoms with Gasteiger partial charge in [-0.05, 0) is 136 Å². The molecule has 3 heterocycles. The second-order valence-electron chi connectivity index (χ2n) is 21.7. The van der Waals surface area contributed by atoms with Crippen molar-refractivity contribution in [2.75, 3.05) is 16.5 Å². The maximum Gasteiger partial charge on any atom is 0.137 e. The summed E-state index contributed by atoms with van der Waals surface area (Å²) >= 11 is 0. The van der Waals surface area contributed by atoms with Gasteiger partial charge in [-0.3, -0.25) is 4.57 Å². The molecule has 0 saturated heterocycles. The molecule has 326 valence electrons. The van der Waals surface area contributed by atoms with E-state index in [2.05, 4.69) is 238 Å². The lowest BCUT2D eigenvalue weighted by Crippen LogP contribution is -2.26. The summed E-state index contributed by atoms with van der Waals surface area (Å²) in [4.78, 5) is 9.98. The third-order valence-corrected chi connectivity index (χ3v) is 13.6. The summed E-state index contributed by atoms with van der Waals surface area (Å²) in [6, 6.07) is 49.0. The third-order valence-electron chi connectivity index (χ3n) is 13.6. The molecule has 0 spiro atoms. The first kappa shape index (κ1) is 42.9. The quantitative estimate of drug-likeness (QED) is 0.160. The number of aryl methyl sites for hydroxylation is 2. The Bertz CT molecular complexity index is 3030. The summed E-state index contributed by atoms with van der Waals surface area (Å²) in [5, 5.41) is 2.34. The molecule has 6 aromatic carbocycles. The van der Waals surface area contributed by atoms with E-state index < -0.39 is 0 Å². The highest BCUT2D eigenvalue weighted by molar-refractivity contribution is 6.09. The normalized spacial score (nSPS) is 13.6. The average molecular weight is 845 g/mol. The molecule has 1 aliphatic heterocycles.